The van der Waals surface area contributed by atoms with Gasteiger partial charge >= 0.3 is 5.97 Å². The minimum absolute atomic E-state index is 0.0137. The van der Waals surface area contributed by atoms with Crippen LogP contribution in [0.2, 0.25) is 0 Å². The molecule has 2 nitrogen and oxygen atoms in total. The van der Waals surface area contributed by atoms with E-state index in [1.807, 2.05) is 0 Å². The predicted molar refractivity (Wildman–Crippen MR) is 77.5 cm³/mol. The first-order valence-corrected chi connectivity index (χ1v) is 7.49. The van der Waals surface area contributed by atoms with Gasteiger partial charge in [-0.2, -0.15) is 0 Å². The molecule has 0 aromatic heterocycles. The molecule has 0 heterocycles. The van der Waals surface area contributed by atoms with Crippen LogP contribution >= 0.6 is 0 Å². The number of hydrogen-bond donors (Lipinski definition) is 0. The standard InChI is InChI=1S/C16H32O2/c1-7-9-14(10-8-2)15(17)18-12-11-13(3)16(4,5)6/h13-14H,7-12H2,1-6H3. The summed E-state index contributed by atoms with van der Waals surface area (Å²) in [7, 11) is 0. The van der Waals surface area contributed by atoms with Crippen molar-refractivity contribution in [3.05, 3.63) is 0 Å². The fourth-order valence-corrected chi connectivity index (χ4v) is 1.96. The first-order valence-electron chi connectivity index (χ1n) is 7.49. The summed E-state index contributed by atoms with van der Waals surface area (Å²) in [5.41, 5.74) is 0.290. The molecule has 0 N–H and O–H groups in total. The van der Waals surface area contributed by atoms with E-state index in [9.17, 15) is 4.79 Å². The predicted octanol–water partition coefficient (Wildman–Crippen LogP) is 4.82. The number of carbonyl (C=O) groups is 1. The van der Waals surface area contributed by atoms with Gasteiger partial charge in [0.25, 0.3) is 0 Å². The second kappa shape index (κ2) is 8.55. The second-order valence-electron chi connectivity index (χ2n) is 6.50. The topological polar surface area (TPSA) is 26.3 Å². The molecule has 0 saturated heterocycles. The molecule has 0 saturated carbocycles. The van der Waals surface area contributed by atoms with E-state index in [4.69, 9.17) is 4.74 Å². The van der Waals surface area contributed by atoms with Gasteiger partial charge in [0.1, 0.15) is 0 Å². The Morgan fingerprint density at radius 3 is 1.94 bits per heavy atom. The van der Waals surface area contributed by atoms with Crippen LogP contribution in [0.15, 0.2) is 0 Å². The molecule has 1 atom stereocenters. The third-order valence-corrected chi connectivity index (χ3v) is 3.88. The summed E-state index contributed by atoms with van der Waals surface area (Å²) >= 11 is 0. The third kappa shape index (κ3) is 7.03. The molecule has 0 bridgehead atoms. The Morgan fingerprint density at radius 1 is 1.06 bits per heavy atom. The van der Waals surface area contributed by atoms with Gasteiger partial charge in [-0.25, -0.2) is 0 Å². The smallest absolute Gasteiger partial charge is 0.308 e. The Bertz CT molecular complexity index is 222. The quantitative estimate of drug-likeness (QED) is 0.582. The average molecular weight is 256 g/mol. The van der Waals surface area contributed by atoms with Crippen LogP contribution in [0, 0.1) is 17.3 Å². The molecule has 1 unspecified atom stereocenters. The van der Waals surface area contributed by atoms with Gasteiger partial charge in [-0.3, -0.25) is 4.79 Å². The zero-order valence-electron chi connectivity index (χ0n) is 13.2. The van der Waals surface area contributed by atoms with Gasteiger partial charge in [-0.15, -0.1) is 0 Å². The number of carbonyl (C=O) groups excluding carboxylic acids is 1. The molecule has 0 aromatic carbocycles. The normalized spacial score (nSPS) is 13.7. The van der Waals surface area contributed by atoms with Crippen molar-refractivity contribution in [2.24, 2.45) is 17.3 Å². The van der Waals surface area contributed by atoms with Gasteiger partial charge < -0.3 is 4.74 Å². The fraction of sp³-hybridized carbons (Fsp3) is 0.938. The molecular weight excluding hydrogens is 224 g/mol. The minimum Gasteiger partial charge on any atom is -0.465 e. The van der Waals surface area contributed by atoms with Gasteiger partial charge in [0.2, 0.25) is 0 Å². The van der Waals surface area contributed by atoms with E-state index >= 15 is 0 Å². The Morgan fingerprint density at radius 2 is 1.56 bits per heavy atom. The molecule has 0 fully saturated rings. The molecule has 0 rings (SSSR count). The van der Waals surface area contributed by atoms with E-state index in [1.165, 1.54) is 0 Å². The average Bonchev–Trinajstić information content (AvgIpc) is 2.27. The van der Waals surface area contributed by atoms with Crippen LogP contribution in [0.5, 0.6) is 0 Å². The molecule has 0 spiro atoms. The van der Waals surface area contributed by atoms with E-state index in [0.717, 1.165) is 32.1 Å². The van der Waals surface area contributed by atoms with Crippen LogP contribution in [0.4, 0.5) is 0 Å². The molecule has 2 heteroatoms. The number of ether oxygens (including phenoxy) is 1. The minimum atomic E-state index is 0.0137. The highest BCUT2D eigenvalue weighted by Gasteiger charge is 2.22. The van der Waals surface area contributed by atoms with Crippen molar-refractivity contribution in [2.45, 2.75) is 73.6 Å². The summed E-state index contributed by atoms with van der Waals surface area (Å²) < 4.78 is 5.44. The summed E-state index contributed by atoms with van der Waals surface area (Å²) in [6.07, 6.45) is 4.99. The van der Waals surface area contributed by atoms with Crippen LogP contribution in [0.25, 0.3) is 0 Å². The van der Waals surface area contributed by atoms with Crippen LogP contribution in [-0.4, -0.2) is 12.6 Å². The number of esters is 1. The molecule has 0 aromatic rings. The Balaban J connectivity index is 4.00. The van der Waals surface area contributed by atoms with Gasteiger partial charge in [0, 0.05) is 0 Å². The number of rotatable bonds is 8. The maximum absolute atomic E-state index is 11.9. The van der Waals surface area contributed by atoms with Gasteiger partial charge in [-0.05, 0) is 30.6 Å². The highest BCUT2D eigenvalue weighted by atomic mass is 16.5. The molecule has 0 aliphatic rings. The molecule has 0 amide bonds. The van der Waals surface area contributed by atoms with Crippen molar-refractivity contribution >= 4 is 5.97 Å². The molecule has 0 radical (unpaired) electrons. The van der Waals surface area contributed by atoms with Gasteiger partial charge in [0.15, 0.2) is 0 Å². The summed E-state index contributed by atoms with van der Waals surface area (Å²) in [4.78, 5) is 11.9. The van der Waals surface area contributed by atoms with Gasteiger partial charge in [-0.1, -0.05) is 54.4 Å². The maximum atomic E-state index is 11.9. The van der Waals surface area contributed by atoms with Crippen molar-refractivity contribution in [3.8, 4) is 0 Å². The van der Waals surface area contributed by atoms with Crippen molar-refractivity contribution in [1.82, 2.24) is 0 Å². The number of hydrogen-bond acceptors (Lipinski definition) is 2. The maximum Gasteiger partial charge on any atom is 0.308 e. The summed E-state index contributed by atoms with van der Waals surface area (Å²) in [6, 6.07) is 0. The zero-order valence-corrected chi connectivity index (χ0v) is 13.2. The largest absolute Gasteiger partial charge is 0.465 e. The first-order chi connectivity index (χ1) is 8.32. The molecule has 108 valence electrons. The van der Waals surface area contributed by atoms with Crippen molar-refractivity contribution in [3.63, 3.8) is 0 Å². The van der Waals surface area contributed by atoms with Crippen molar-refractivity contribution in [1.29, 1.82) is 0 Å². The molecule has 18 heavy (non-hydrogen) atoms. The molecule has 0 aliphatic carbocycles. The monoisotopic (exact) mass is 256 g/mol. The summed E-state index contributed by atoms with van der Waals surface area (Å²) in [6.45, 7) is 13.7. The van der Waals surface area contributed by atoms with Crippen LogP contribution < -0.4 is 0 Å². The Labute approximate surface area is 113 Å². The Kier molecular flexibility index (Phi) is 8.30. The van der Waals surface area contributed by atoms with Crippen LogP contribution in [0.3, 0.4) is 0 Å². The van der Waals surface area contributed by atoms with Crippen molar-refractivity contribution < 1.29 is 9.53 Å². The highest BCUT2D eigenvalue weighted by Crippen LogP contribution is 2.28. The highest BCUT2D eigenvalue weighted by molar-refractivity contribution is 5.72. The van der Waals surface area contributed by atoms with Crippen molar-refractivity contribution in [2.75, 3.05) is 6.61 Å². The first kappa shape index (κ1) is 17.5. The lowest BCUT2D eigenvalue weighted by Gasteiger charge is -2.27. The summed E-state index contributed by atoms with van der Waals surface area (Å²) in [5, 5.41) is 0. The SMILES string of the molecule is CCCC(CCC)C(=O)OCCC(C)C(C)(C)C. The van der Waals surface area contributed by atoms with E-state index in [-0.39, 0.29) is 11.9 Å². The van der Waals surface area contributed by atoms with E-state index in [2.05, 4.69) is 41.5 Å². The zero-order chi connectivity index (χ0) is 14.2. The Hall–Kier alpha value is -0.530. The third-order valence-electron chi connectivity index (χ3n) is 3.88. The molecule has 0 aliphatic heterocycles. The lowest BCUT2D eigenvalue weighted by molar-refractivity contribution is -0.149. The second-order valence-corrected chi connectivity index (χ2v) is 6.50. The van der Waals surface area contributed by atoms with E-state index in [1.54, 1.807) is 0 Å². The summed E-state index contributed by atoms with van der Waals surface area (Å²) in [5.74, 6) is 0.700. The van der Waals surface area contributed by atoms with Crippen LogP contribution in [0.1, 0.15) is 73.6 Å². The fourth-order valence-electron chi connectivity index (χ4n) is 1.96. The van der Waals surface area contributed by atoms with E-state index in [0.29, 0.717) is 17.9 Å². The molecular formula is C16H32O2. The van der Waals surface area contributed by atoms with E-state index < -0.39 is 0 Å². The lowest BCUT2D eigenvalue weighted by Crippen LogP contribution is -2.22. The lowest BCUT2D eigenvalue weighted by atomic mass is 9.80. The van der Waals surface area contributed by atoms with Gasteiger partial charge in [0.05, 0.1) is 12.5 Å². The van der Waals surface area contributed by atoms with Crippen LogP contribution in [-0.2, 0) is 9.53 Å².